The van der Waals surface area contributed by atoms with Gasteiger partial charge in [0, 0.05) is 13.2 Å². The van der Waals surface area contributed by atoms with Gasteiger partial charge in [-0.1, -0.05) is 12.8 Å². The molecule has 5 nitrogen and oxygen atoms in total. The Labute approximate surface area is 127 Å². The molecule has 0 aliphatic carbocycles. The Bertz CT molecular complexity index is 308. The number of unbranched alkanes of at least 4 members (excludes halogenated alkanes) is 3. The summed E-state index contributed by atoms with van der Waals surface area (Å²) in [5, 5.41) is 0. The zero-order chi connectivity index (χ0) is 15.0. The summed E-state index contributed by atoms with van der Waals surface area (Å²) in [7, 11) is 0. The van der Waals surface area contributed by atoms with E-state index in [0.717, 1.165) is 58.2 Å². The summed E-state index contributed by atoms with van der Waals surface area (Å²) < 4.78 is 21.5. The van der Waals surface area contributed by atoms with Crippen molar-refractivity contribution in [3.63, 3.8) is 0 Å². The molecule has 2 saturated heterocycles. The topological polar surface area (TPSA) is 57.3 Å². The largest absolute Gasteiger partial charge is 0.464 e. The Morgan fingerprint density at radius 3 is 2.71 bits per heavy atom. The zero-order valence-electron chi connectivity index (χ0n) is 13.1. The van der Waals surface area contributed by atoms with Crippen LogP contribution in [0.1, 0.15) is 58.3 Å². The Balaban J connectivity index is 1.44. The van der Waals surface area contributed by atoms with Crippen LogP contribution >= 0.6 is 0 Å². The van der Waals surface area contributed by atoms with Crippen LogP contribution in [-0.2, 0) is 23.7 Å². The van der Waals surface area contributed by atoms with E-state index >= 15 is 0 Å². The first kappa shape index (κ1) is 16.7. The smallest absolute Gasteiger partial charge is 0.340 e. The van der Waals surface area contributed by atoms with Gasteiger partial charge in [-0.05, 0) is 45.4 Å². The number of carbonyl (C=O) groups excluding carboxylic acids is 1. The lowest BCUT2D eigenvalue weighted by Gasteiger charge is -2.22. The quantitative estimate of drug-likeness (QED) is 0.353. The van der Waals surface area contributed by atoms with Gasteiger partial charge in [-0.15, -0.1) is 0 Å². The van der Waals surface area contributed by atoms with Crippen molar-refractivity contribution in [2.75, 3.05) is 26.4 Å². The molecule has 122 valence electrons. The Kier molecular flexibility index (Phi) is 6.93. The van der Waals surface area contributed by atoms with Gasteiger partial charge in [-0.3, -0.25) is 0 Å². The normalized spacial score (nSPS) is 28.3. The summed E-state index contributed by atoms with van der Waals surface area (Å²) in [4.78, 5) is 11.7. The highest BCUT2D eigenvalue weighted by molar-refractivity contribution is 5.82. The number of hydrogen-bond acceptors (Lipinski definition) is 5. The van der Waals surface area contributed by atoms with Crippen molar-refractivity contribution < 1.29 is 23.7 Å². The van der Waals surface area contributed by atoms with Crippen molar-refractivity contribution in [3.05, 3.63) is 0 Å². The molecule has 2 aliphatic heterocycles. The van der Waals surface area contributed by atoms with Crippen LogP contribution in [0.5, 0.6) is 0 Å². The van der Waals surface area contributed by atoms with Crippen LogP contribution in [-0.4, -0.2) is 44.3 Å². The average molecular weight is 300 g/mol. The van der Waals surface area contributed by atoms with E-state index in [1.165, 1.54) is 6.42 Å². The highest BCUT2D eigenvalue weighted by atomic mass is 16.7. The molecule has 0 aromatic rings. The maximum Gasteiger partial charge on any atom is 0.340 e. The molecule has 21 heavy (non-hydrogen) atoms. The summed E-state index contributed by atoms with van der Waals surface area (Å²) in [5.41, 5.74) is -0.609. The molecule has 0 saturated carbocycles. The number of esters is 1. The number of rotatable bonds is 10. The number of carbonyl (C=O) groups is 1. The van der Waals surface area contributed by atoms with Crippen molar-refractivity contribution in [2.45, 2.75) is 70.2 Å². The predicted molar refractivity (Wildman–Crippen MR) is 77.9 cm³/mol. The van der Waals surface area contributed by atoms with Crippen LogP contribution in [0.15, 0.2) is 0 Å². The zero-order valence-corrected chi connectivity index (χ0v) is 13.1. The summed E-state index contributed by atoms with van der Waals surface area (Å²) in [6.07, 6.45) is 8.45. The fourth-order valence-corrected chi connectivity index (χ4v) is 2.64. The molecule has 2 fully saturated rings. The van der Waals surface area contributed by atoms with Gasteiger partial charge in [0.2, 0.25) is 0 Å². The molecule has 2 heterocycles. The first-order valence-electron chi connectivity index (χ1n) is 8.31. The molecule has 0 aromatic carbocycles. The standard InChI is InChI=1S/C16H28O5/c1-2-18-15(17)16(13-21-16)10-6-3-4-7-11-19-14-9-5-8-12-20-14/h14H,2-13H2,1H3. The van der Waals surface area contributed by atoms with E-state index < -0.39 is 5.60 Å². The third-order valence-corrected chi connectivity index (χ3v) is 4.06. The minimum atomic E-state index is -0.609. The molecule has 2 rings (SSSR count). The highest BCUT2D eigenvalue weighted by Gasteiger charge is 2.52. The summed E-state index contributed by atoms with van der Waals surface area (Å²) in [5.74, 6) is -0.192. The number of ether oxygens (including phenoxy) is 4. The van der Waals surface area contributed by atoms with Gasteiger partial charge in [0.1, 0.15) is 0 Å². The number of hydrogen-bond donors (Lipinski definition) is 0. The third-order valence-electron chi connectivity index (χ3n) is 4.06. The van der Waals surface area contributed by atoms with Crippen LogP contribution in [0.3, 0.4) is 0 Å². The van der Waals surface area contributed by atoms with Crippen molar-refractivity contribution in [1.29, 1.82) is 0 Å². The SMILES string of the molecule is CCOC(=O)C1(CCCCCCOC2CCCCO2)CO1. The van der Waals surface area contributed by atoms with Gasteiger partial charge in [0.05, 0.1) is 13.2 Å². The Morgan fingerprint density at radius 1 is 1.24 bits per heavy atom. The van der Waals surface area contributed by atoms with Gasteiger partial charge in [-0.2, -0.15) is 0 Å². The van der Waals surface area contributed by atoms with Gasteiger partial charge >= 0.3 is 5.97 Å². The van der Waals surface area contributed by atoms with E-state index in [0.29, 0.717) is 13.2 Å². The first-order chi connectivity index (χ1) is 10.3. The Morgan fingerprint density at radius 2 is 2.05 bits per heavy atom. The van der Waals surface area contributed by atoms with Gasteiger partial charge in [0.15, 0.2) is 11.9 Å². The van der Waals surface area contributed by atoms with E-state index in [1.807, 2.05) is 6.92 Å². The third kappa shape index (κ3) is 5.57. The summed E-state index contributed by atoms with van der Waals surface area (Å²) >= 11 is 0. The van der Waals surface area contributed by atoms with Crippen molar-refractivity contribution in [3.8, 4) is 0 Å². The predicted octanol–water partition coefficient (Wildman–Crippen LogP) is 2.81. The van der Waals surface area contributed by atoms with E-state index in [1.54, 1.807) is 0 Å². The second kappa shape index (κ2) is 8.71. The lowest BCUT2D eigenvalue weighted by atomic mass is 10.0. The van der Waals surface area contributed by atoms with Crippen LogP contribution in [0.25, 0.3) is 0 Å². The molecule has 0 radical (unpaired) electrons. The molecule has 0 amide bonds. The van der Waals surface area contributed by atoms with Gasteiger partial charge < -0.3 is 18.9 Å². The maximum atomic E-state index is 11.7. The van der Waals surface area contributed by atoms with Crippen LogP contribution < -0.4 is 0 Å². The maximum absolute atomic E-state index is 11.7. The molecule has 0 bridgehead atoms. The fourth-order valence-electron chi connectivity index (χ4n) is 2.64. The van der Waals surface area contributed by atoms with Crippen molar-refractivity contribution in [1.82, 2.24) is 0 Å². The molecular weight excluding hydrogens is 272 g/mol. The van der Waals surface area contributed by atoms with Gasteiger partial charge in [0.25, 0.3) is 0 Å². The van der Waals surface area contributed by atoms with Crippen molar-refractivity contribution in [2.24, 2.45) is 0 Å². The molecule has 2 atom stereocenters. The first-order valence-corrected chi connectivity index (χ1v) is 8.31. The lowest BCUT2D eigenvalue weighted by molar-refractivity contribution is -0.162. The molecular formula is C16H28O5. The van der Waals surface area contributed by atoms with E-state index in [2.05, 4.69) is 0 Å². The van der Waals surface area contributed by atoms with Crippen LogP contribution in [0.2, 0.25) is 0 Å². The average Bonchev–Trinajstić information content (AvgIpc) is 3.29. The fraction of sp³-hybridized carbons (Fsp3) is 0.938. The molecule has 0 N–H and O–H groups in total. The van der Waals surface area contributed by atoms with E-state index in [9.17, 15) is 4.79 Å². The second-order valence-corrected chi connectivity index (χ2v) is 5.83. The monoisotopic (exact) mass is 300 g/mol. The minimum Gasteiger partial charge on any atom is -0.464 e. The molecule has 5 heteroatoms. The Hall–Kier alpha value is -0.650. The minimum absolute atomic E-state index is 0.0192. The van der Waals surface area contributed by atoms with Crippen molar-refractivity contribution >= 4 is 5.97 Å². The van der Waals surface area contributed by atoms with Crippen LogP contribution in [0.4, 0.5) is 0 Å². The second-order valence-electron chi connectivity index (χ2n) is 5.83. The molecule has 2 aliphatic rings. The highest BCUT2D eigenvalue weighted by Crippen LogP contribution is 2.34. The van der Waals surface area contributed by atoms with Crippen LogP contribution in [0, 0.1) is 0 Å². The molecule has 0 aromatic heterocycles. The molecule has 2 unspecified atom stereocenters. The van der Waals surface area contributed by atoms with E-state index in [4.69, 9.17) is 18.9 Å². The number of epoxide rings is 1. The van der Waals surface area contributed by atoms with E-state index in [-0.39, 0.29) is 12.3 Å². The summed E-state index contributed by atoms with van der Waals surface area (Å²) in [6, 6.07) is 0. The lowest BCUT2D eigenvalue weighted by Crippen LogP contribution is -2.27. The summed E-state index contributed by atoms with van der Waals surface area (Å²) in [6.45, 7) is 4.37. The molecule has 0 spiro atoms. The van der Waals surface area contributed by atoms with Gasteiger partial charge in [-0.25, -0.2) is 4.79 Å².